The van der Waals surface area contributed by atoms with Crippen molar-refractivity contribution < 1.29 is 4.79 Å². The third kappa shape index (κ3) is 2.49. The molecule has 2 rings (SSSR count). The summed E-state index contributed by atoms with van der Waals surface area (Å²) in [5.74, 6) is 1.06. The van der Waals surface area contributed by atoms with Crippen LogP contribution in [0, 0.1) is 5.92 Å². The smallest absolute Gasteiger partial charge is 0.242 e. The van der Waals surface area contributed by atoms with Gasteiger partial charge in [-0.05, 0) is 50.9 Å². The zero-order valence-corrected chi connectivity index (χ0v) is 11.2. The van der Waals surface area contributed by atoms with Crippen molar-refractivity contribution in [3.05, 3.63) is 0 Å². The van der Waals surface area contributed by atoms with Gasteiger partial charge in [-0.1, -0.05) is 13.3 Å². The van der Waals surface area contributed by atoms with Crippen molar-refractivity contribution >= 4 is 5.91 Å². The van der Waals surface area contributed by atoms with Crippen LogP contribution in [-0.4, -0.2) is 29.4 Å². The molecule has 3 heteroatoms. The molecular formula is C14H26N2O. The van der Waals surface area contributed by atoms with Gasteiger partial charge in [0.1, 0.15) is 0 Å². The highest BCUT2D eigenvalue weighted by atomic mass is 16.2. The van der Waals surface area contributed by atoms with E-state index in [1.807, 2.05) is 11.9 Å². The van der Waals surface area contributed by atoms with Crippen LogP contribution in [0.15, 0.2) is 0 Å². The normalized spacial score (nSPS) is 31.7. The largest absolute Gasteiger partial charge is 0.341 e. The van der Waals surface area contributed by atoms with E-state index < -0.39 is 5.54 Å². The molecule has 0 bridgehead atoms. The van der Waals surface area contributed by atoms with Crippen molar-refractivity contribution in [2.75, 3.05) is 7.05 Å². The Balaban J connectivity index is 1.88. The molecule has 0 atom stereocenters. The maximum atomic E-state index is 12.3. The number of rotatable bonds is 3. The minimum Gasteiger partial charge on any atom is -0.341 e. The zero-order valence-electron chi connectivity index (χ0n) is 11.2. The molecule has 0 spiro atoms. The molecule has 0 aliphatic heterocycles. The summed E-state index contributed by atoms with van der Waals surface area (Å²) in [7, 11) is 1.95. The number of hydrogen-bond acceptors (Lipinski definition) is 2. The summed E-state index contributed by atoms with van der Waals surface area (Å²) >= 11 is 0. The summed E-state index contributed by atoms with van der Waals surface area (Å²) in [5, 5.41) is 0. The molecule has 0 radical (unpaired) electrons. The van der Waals surface area contributed by atoms with Crippen molar-refractivity contribution in [2.45, 2.75) is 69.9 Å². The van der Waals surface area contributed by atoms with E-state index in [-0.39, 0.29) is 5.91 Å². The summed E-state index contributed by atoms with van der Waals surface area (Å²) < 4.78 is 0. The van der Waals surface area contributed by atoms with Gasteiger partial charge in [0.25, 0.3) is 0 Å². The first-order valence-corrected chi connectivity index (χ1v) is 7.13. The van der Waals surface area contributed by atoms with Gasteiger partial charge in [0.05, 0.1) is 5.54 Å². The first-order chi connectivity index (χ1) is 8.07. The monoisotopic (exact) mass is 238 g/mol. The Morgan fingerprint density at radius 2 is 1.88 bits per heavy atom. The quantitative estimate of drug-likeness (QED) is 0.820. The molecule has 0 unspecified atom stereocenters. The van der Waals surface area contributed by atoms with E-state index in [1.54, 1.807) is 0 Å². The van der Waals surface area contributed by atoms with E-state index >= 15 is 0 Å². The Labute approximate surface area is 105 Å². The van der Waals surface area contributed by atoms with Crippen LogP contribution < -0.4 is 5.73 Å². The second kappa shape index (κ2) is 4.97. The van der Waals surface area contributed by atoms with Gasteiger partial charge < -0.3 is 10.6 Å². The molecule has 0 aromatic heterocycles. The SMILES string of the molecule is CCC1CCC(N(C)C(=O)C2(N)CCC2)CC1. The number of nitrogens with two attached hydrogens (primary N) is 1. The highest BCUT2D eigenvalue weighted by Crippen LogP contribution is 2.34. The highest BCUT2D eigenvalue weighted by Gasteiger charge is 2.43. The van der Waals surface area contributed by atoms with Crippen LogP contribution in [0.4, 0.5) is 0 Å². The Morgan fingerprint density at radius 1 is 1.29 bits per heavy atom. The van der Waals surface area contributed by atoms with E-state index in [4.69, 9.17) is 5.73 Å². The number of amides is 1. The third-order valence-corrected chi connectivity index (χ3v) is 4.93. The summed E-state index contributed by atoms with van der Waals surface area (Å²) in [6.45, 7) is 2.27. The van der Waals surface area contributed by atoms with Crippen LogP contribution >= 0.6 is 0 Å². The predicted molar refractivity (Wildman–Crippen MR) is 69.6 cm³/mol. The highest BCUT2D eigenvalue weighted by molar-refractivity contribution is 5.87. The first-order valence-electron chi connectivity index (χ1n) is 7.13. The summed E-state index contributed by atoms with van der Waals surface area (Å²) in [5.41, 5.74) is 5.60. The molecule has 0 saturated heterocycles. The Bertz CT molecular complexity index is 278. The van der Waals surface area contributed by atoms with Crippen molar-refractivity contribution in [1.29, 1.82) is 0 Å². The van der Waals surface area contributed by atoms with Gasteiger partial charge in [0.15, 0.2) is 0 Å². The van der Waals surface area contributed by atoms with E-state index in [1.165, 1.54) is 19.3 Å². The Hall–Kier alpha value is -0.570. The first kappa shape index (κ1) is 12.9. The number of hydrogen-bond donors (Lipinski definition) is 1. The average molecular weight is 238 g/mol. The van der Waals surface area contributed by atoms with E-state index in [0.717, 1.165) is 38.0 Å². The van der Waals surface area contributed by atoms with Crippen LogP contribution in [0.2, 0.25) is 0 Å². The molecule has 2 N–H and O–H groups in total. The molecule has 3 nitrogen and oxygen atoms in total. The Kier molecular flexibility index (Phi) is 3.76. The fraction of sp³-hybridized carbons (Fsp3) is 0.929. The van der Waals surface area contributed by atoms with Crippen LogP contribution in [0.25, 0.3) is 0 Å². The topological polar surface area (TPSA) is 46.3 Å². The van der Waals surface area contributed by atoms with Crippen molar-refractivity contribution in [3.63, 3.8) is 0 Å². The van der Waals surface area contributed by atoms with Crippen molar-refractivity contribution in [3.8, 4) is 0 Å². The zero-order chi connectivity index (χ0) is 12.5. The molecule has 2 fully saturated rings. The maximum Gasteiger partial charge on any atom is 0.242 e. The number of nitrogens with zero attached hydrogens (tertiary/aromatic N) is 1. The van der Waals surface area contributed by atoms with E-state index in [0.29, 0.717) is 6.04 Å². The molecule has 1 amide bonds. The molecule has 0 aromatic rings. The lowest BCUT2D eigenvalue weighted by atomic mass is 9.76. The van der Waals surface area contributed by atoms with Gasteiger partial charge in [0, 0.05) is 13.1 Å². The molecule has 0 aromatic carbocycles. The summed E-state index contributed by atoms with van der Waals surface area (Å²) in [4.78, 5) is 14.2. The summed E-state index contributed by atoms with van der Waals surface area (Å²) in [6.07, 6.45) is 9.02. The standard InChI is InChI=1S/C14H26N2O/c1-3-11-5-7-12(8-6-11)16(2)13(17)14(15)9-4-10-14/h11-12H,3-10,15H2,1-2H3. The van der Waals surface area contributed by atoms with Crippen LogP contribution in [0.1, 0.15) is 58.3 Å². The molecule has 98 valence electrons. The van der Waals surface area contributed by atoms with Crippen LogP contribution in [0.3, 0.4) is 0 Å². The lowest BCUT2D eigenvalue weighted by Crippen LogP contribution is -2.60. The van der Waals surface area contributed by atoms with Gasteiger partial charge in [-0.3, -0.25) is 4.79 Å². The fourth-order valence-electron chi connectivity index (χ4n) is 3.23. The van der Waals surface area contributed by atoms with E-state index in [9.17, 15) is 4.79 Å². The maximum absolute atomic E-state index is 12.3. The third-order valence-electron chi connectivity index (χ3n) is 4.93. The fourth-order valence-corrected chi connectivity index (χ4v) is 3.23. The molecule has 17 heavy (non-hydrogen) atoms. The molecule has 2 aliphatic carbocycles. The lowest BCUT2D eigenvalue weighted by Gasteiger charge is -2.43. The second-order valence-electron chi connectivity index (χ2n) is 6.01. The number of carbonyl (C=O) groups is 1. The molecule has 2 saturated carbocycles. The van der Waals surface area contributed by atoms with Gasteiger partial charge in [-0.15, -0.1) is 0 Å². The van der Waals surface area contributed by atoms with Gasteiger partial charge in [-0.25, -0.2) is 0 Å². The summed E-state index contributed by atoms with van der Waals surface area (Å²) in [6, 6.07) is 0.436. The van der Waals surface area contributed by atoms with Crippen molar-refractivity contribution in [1.82, 2.24) is 4.90 Å². The molecule has 0 heterocycles. The van der Waals surface area contributed by atoms with Crippen LogP contribution in [0.5, 0.6) is 0 Å². The predicted octanol–water partition coefficient (Wildman–Crippen LogP) is 2.29. The second-order valence-corrected chi connectivity index (χ2v) is 6.01. The number of carbonyl (C=O) groups excluding carboxylic acids is 1. The minimum absolute atomic E-state index is 0.184. The minimum atomic E-state index is -0.518. The van der Waals surface area contributed by atoms with Gasteiger partial charge >= 0.3 is 0 Å². The Morgan fingerprint density at radius 3 is 2.29 bits per heavy atom. The van der Waals surface area contributed by atoms with E-state index in [2.05, 4.69) is 6.92 Å². The van der Waals surface area contributed by atoms with Gasteiger partial charge in [0.2, 0.25) is 5.91 Å². The average Bonchev–Trinajstić information content (AvgIpc) is 2.34. The lowest BCUT2D eigenvalue weighted by molar-refractivity contribution is -0.141. The van der Waals surface area contributed by atoms with Gasteiger partial charge in [-0.2, -0.15) is 0 Å². The molecular weight excluding hydrogens is 212 g/mol. The van der Waals surface area contributed by atoms with Crippen molar-refractivity contribution in [2.24, 2.45) is 11.7 Å². The number of likely N-dealkylation sites (N-methyl/N-ethyl adjacent to an activating group) is 1. The molecule has 2 aliphatic rings. The van der Waals surface area contributed by atoms with Crippen LogP contribution in [-0.2, 0) is 4.79 Å².